The van der Waals surface area contributed by atoms with E-state index in [1.807, 2.05) is 48.5 Å². The molecule has 0 atom stereocenters. The van der Waals surface area contributed by atoms with Crippen LogP contribution in [0.25, 0.3) is 87.2 Å². The molecular weight excluding hydrogens is 660 g/mol. The maximum Gasteiger partial charge on any atom is 0.416 e. The van der Waals surface area contributed by atoms with Crippen LogP contribution in [0.15, 0.2) is 133 Å². The Kier molecular flexibility index (Phi) is 7.01. The van der Waals surface area contributed by atoms with Crippen LogP contribution in [0, 0.1) is 11.6 Å². The van der Waals surface area contributed by atoms with Crippen molar-refractivity contribution in [2.24, 2.45) is 0 Å². The average Bonchev–Trinajstić information content (AvgIpc) is 3.12. The molecule has 9 rings (SSSR count). The second-order valence-electron chi connectivity index (χ2n) is 14.7. The fraction of sp³-hybridized carbons (Fsp3) is 0.106. The van der Waals surface area contributed by atoms with Gasteiger partial charge in [-0.2, -0.15) is 13.2 Å². The predicted molar refractivity (Wildman–Crippen MR) is 205 cm³/mol. The first-order valence-corrected chi connectivity index (χ1v) is 17.2. The molecule has 0 heterocycles. The summed E-state index contributed by atoms with van der Waals surface area (Å²) >= 11 is 0. The van der Waals surface area contributed by atoms with E-state index in [2.05, 4.69) is 57.2 Å². The maximum atomic E-state index is 16.2. The largest absolute Gasteiger partial charge is 0.416 e. The Morgan fingerprint density at radius 1 is 0.423 bits per heavy atom. The second kappa shape index (κ2) is 11.3. The molecule has 0 bridgehead atoms. The Morgan fingerprint density at radius 3 is 1.69 bits per heavy atom. The molecule has 0 N–H and O–H groups in total. The molecule has 0 saturated heterocycles. The molecule has 254 valence electrons. The van der Waals surface area contributed by atoms with E-state index in [0.29, 0.717) is 21.9 Å². The summed E-state index contributed by atoms with van der Waals surface area (Å²) < 4.78 is 71.6. The topological polar surface area (TPSA) is 0 Å². The molecule has 9 aromatic carbocycles. The van der Waals surface area contributed by atoms with Crippen molar-refractivity contribution >= 4 is 53.9 Å². The lowest BCUT2D eigenvalue weighted by molar-refractivity contribution is -0.137. The summed E-state index contributed by atoms with van der Waals surface area (Å²) in [6.07, 6.45) is -4.46. The van der Waals surface area contributed by atoms with Crippen molar-refractivity contribution in [3.05, 3.63) is 156 Å². The Hall–Kier alpha value is -5.81. The highest BCUT2D eigenvalue weighted by Crippen LogP contribution is 2.49. The second-order valence-corrected chi connectivity index (χ2v) is 14.7. The third kappa shape index (κ3) is 4.94. The molecule has 0 radical (unpaired) electrons. The first kappa shape index (κ1) is 32.1. The third-order valence-electron chi connectivity index (χ3n) is 10.5. The van der Waals surface area contributed by atoms with E-state index in [0.717, 1.165) is 77.5 Å². The van der Waals surface area contributed by atoms with Crippen molar-refractivity contribution in [3.8, 4) is 33.4 Å². The lowest BCUT2D eigenvalue weighted by Crippen LogP contribution is -2.10. The molecule has 0 aromatic heterocycles. The molecule has 0 saturated carbocycles. The van der Waals surface area contributed by atoms with E-state index in [4.69, 9.17) is 0 Å². The van der Waals surface area contributed by atoms with E-state index in [1.54, 1.807) is 12.1 Å². The quantitative estimate of drug-likeness (QED) is 0.0983. The van der Waals surface area contributed by atoms with Gasteiger partial charge in [0.05, 0.1) is 5.56 Å². The molecule has 0 aliphatic heterocycles. The van der Waals surface area contributed by atoms with Crippen LogP contribution in [0.5, 0.6) is 0 Å². The Morgan fingerprint density at radius 2 is 1.00 bits per heavy atom. The molecule has 5 heteroatoms. The lowest BCUT2D eigenvalue weighted by atomic mass is 9.82. The zero-order chi connectivity index (χ0) is 36.1. The Balaban J connectivity index is 1.35. The van der Waals surface area contributed by atoms with Crippen LogP contribution in [0.1, 0.15) is 31.9 Å². The summed E-state index contributed by atoms with van der Waals surface area (Å²) in [5, 5.41) is 7.98. The van der Waals surface area contributed by atoms with Gasteiger partial charge in [-0.15, -0.1) is 0 Å². The maximum absolute atomic E-state index is 16.2. The molecule has 0 nitrogen and oxygen atoms in total. The number of hydrogen-bond acceptors (Lipinski definition) is 0. The molecule has 0 spiro atoms. The number of fused-ring (bicyclic) bond motifs is 2. The van der Waals surface area contributed by atoms with Gasteiger partial charge < -0.3 is 0 Å². The van der Waals surface area contributed by atoms with E-state index < -0.39 is 17.6 Å². The summed E-state index contributed by atoms with van der Waals surface area (Å²) in [6, 6.07) is 39.6. The zero-order valence-electron chi connectivity index (χ0n) is 28.6. The lowest BCUT2D eigenvalue weighted by Gasteiger charge is -2.22. The van der Waals surface area contributed by atoms with Gasteiger partial charge in [-0.05, 0) is 118 Å². The van der Waals surface area contributed by atoms with Gasteiger partial charge in [0.2, 0.25) is 0 Å². The number of alkyl halides is 3. The van der Waals surface area contributed by atoms with Gasteiger partial charge in [-0.3, -0.25) is 0 Å². The molecule has 9 aromatic rings. The molecule has 0 unspecified atom stereocenters. The van der Waals surface area contributed by atoms with Gasteiger partial charge in [0.25, 0.3) is 0 Å². The van der Waals surface area contributed by atoms with E-state index in [-0.39, 0.29) is 11.2 Å². The molecule has 0 aliphatic rings. The number of halogens is 5. The van der Waals surface area contributed by atoms with Crippen LogP contribution < -0.4 is 0 Å². The third-order valence-corrected chi connectivity index (χ3v) is 10.5. The molecular formula is C47H31F5. The summed E-state index contributed by atoms with van der Waals surface area (Å²) in [4.78, 5) is 0. The van der Waals surface area contributed by atoms with Crippen LogP contribution in [-0.4, -0.2) is 0 Å². The molecule has 0 fully saturated rings. The highest BCUT2D eigenvalue weighted by Gasteiger charge is 2.30. The highest BCUT2D eigenvalue weighted by atomic mass is 19.4. The minimum atomic E-state index is -4.46. The van der Waals surface area contributed by atoms with Crippen LogP contribution in [0.2, 0.25) is 0 Å². The fourth-order valence-electron chi connectivity index (χ4n) is 8.04. The van der Waals surface area contributed by atoms with Crippen molar-refractivity contribution in [1.29, 1.82) is 0 Å². The first-order chi connectivity index (χ1) is 24.9. The van der Waals surface area contributed by atoms with Crippen molar-refractivity contribution < 1.29 is 22.0 Å². The highest BCUT2D eigenvalue weighted by molar-refractivity contribution is 6.30. The molecule has 0 amide bonds. The van der Waals surface area contributed by atoms with Gasteiger partial charge >= 0.3 is 6.18 Å². The summed E-state index contributed by atoms with van der Waals surface area (Å²) in [7, 11) is 0. The van der Waals surface area contributed by atoms with Crippen LogP contribution in [-0.2, 0) is 11.6 Å². The van der Waals surface area contributed by atoms with Gasteiger partial charge in [-0.1, -0.05) is 124 Å². The smallest absolute Gasteiger partial charge is 0.207 e. The van der Waals surface area contributed by atoms with Crippen molar-refractivity contribution in [1.82, 2.24) is 0 Å². The average molecular weight is 691 g/mol. The van der Waals surface area contributed by atoms with Crippen molar-refractivity contribution in [2.45, 2.75) is 32.4 Å². The summed E-state index contributed by atoms with van der Waals surface area (Å²) in [5.41, 5.74) is 5.38. The van der Waals surface area contributed by atoms with Gasteiger partial charge in [0.1, 0.15) is 11.6 Å². The normalized spacial score (nSPS) is 12.6. The van der Waals surface area contributed by atoms with E-state index >= 15 is 8.78 Å². The minimum absolute atomic E-state index is 0.0222. The predicted octanol–water partition coefficient (Wildman–Crippen LogP) is 14.5. The zero-order valence-corrected chi connectivity index (χ0v) is 28.6. The monoisotopic (exact) mass is 690 g/mol. The van der Waals surface area contributed by atoms with Gasteiger partial charge in [0, 0.05) is 10.8 Å². The summed E-state index contributed by atoms with van der Waals surface area (Å²) in [5.74, 6) is -0.753. The SMILES string of the molecule is CC(C)(C)c1ccc(-c2c3ccccc3c(-c3ccc4c(F)cc5c(-c6ccc(C(F)(F)F)cc6)ccc6ccc3c4c65)c3ccc(F)cc23)cc1. The van der Waals surface area contributed by atoms with Crippen molar-refractivity contribution in [2.75, 3.05) is 0 Å². The number of hydrogen-bond donors (Lipinski definition) is 0. The number of benzene rings is 9. The van der Waals surface area contributed by atoms with Gasteiger partial charge in [0.15, 0.2) is 0 Å². The molecule has 52 heavy (non-hydrogen) atoms. The Bertz CT molecular complexity index is 2860. The molecule has 0 aliphatic carbocycles. The van der Waals surface area contributed by atoms with Crippen LogP contribution in [0.3, 0.4) is 0 Å². The standard InChI is InChI=1S/C47H31F5/c1-46(2,3)29-14-10-27(11-15-29)42-33-6-4-5-7-34(33)44(37-21-18-31(48)24-39(37)42)35-22-23-38-41(49)25-40-32(26-8-16-30(17-9-26)47(50,51)52)19-12-28-13-20-36(35)45(38)43(28)40/h4-25H,1-3H3. The van der Waals surface area contributed by atoms with Crippen LogP contribution >= 0.6 is 0 Å². The fourth-order valence-corrected chi connectivity index (χ4v) is 8.04. The van der Waals surface area contributed by atoms with Crippen molar-refractivity contribution in [3.63, 3.8) is 0 Å². The Labute approximate surface area is 297 Å². The minimum Gasteiger partial charge on any atom is -0.207 e. The first-order valence-electron chi connectivity index (χ1n) is 17.2. The van der Waals surface area contributed by atoms with E-state index in [1.165, 1.54) is 29.8 Å². The summed E-state index contributed by atoms with van der Waals surface area (Å²) in [6.45, 7) is 6.53. The van der Waals surface area contributed by atoms with Gasteiger partial charge in [-0.25, -0.2) is 8.78 Å². The number of rotatable bonds is 3. The van der Waals surface area contributed by atoms with E-state index in [9.17, 15) is 13.2 Å². The van der Waals surface area contributed by atoms with Crippen LogP contribution in [0.4, 0.5) is 22.0 Å².